The summed E-state index contributed by atoms with van der Waals surface area (Å²) in [6.45, 7) is 2.98. The number of aryl methyl sites for hydroxylation is 1. The second-order valence-electron chi connectivity index (χ2n) is 2.58. The fourth-order valence-corrected chi connectivity index (χ4v) is 2.29. The highest BCUT2D eigenvalue weighted by Gasteiger charge is 2.20. The van der Waals surface area contributed by atoms with E-state index in [0.29, 0.717) is 0 Å². The lowest BCUT2D eigenvalue weighted by Crippen LogP contribution is -2.39. The number of nitrogens with zero attached hydrogens (tertiary/aromatic N) is 1. The van der Waals surface area contributed by atoms with Gasteiger partial charge in [0.15, 0.2) is 0 Å². The molecule has 0 spiro atoms. The Bertz CT molecular complexity index is 345. The summed E-state index contributed by atoms with van der Waals surface area (Å²) in [5.41, 5.74) is 1.05. The van der Waals surface area contributed by atoms with Crippen molar-refractivity contribution in [3.8, 4) is 0 Å². The van der Waals surface area contributed by atoms with E-state index < -0.39 is 0 Å². The van der Waals surface area contributed by atoms with Crippen molar-refractivity contribution in [1.29, 1.82) is 0 Å². The van der Waals surface area contributed by atoms with E-state index in [-0.39, 0.29) is 5.56 Å². The second-order valence-corrected chi connectivity index (χ2v) is 3.66. The average Bonchev–Trinajstić information content (AvgIpc) is 2.34. The van der Waals surface area contributed by atoms with Gasteiger partial charge in [-0.2, -0.15) is 0 Å². The van der Waals surface area contributed by atoms with Gasteiger partial charge in [0.25, 0.3) is 0 Å². The lowest BCUT2D eigenvalue weighted by atomic mass is 10.4. The third-order valence-corrected chi connectivity index (χ3v) is 2.78. The number of rotatable bonds is 0. The second kappa shape index (κ2) is 2.37. The van der Waals surface area contributed by atoms with Crippen LogP contribution in [-0.2, 0) is 6.54 Å². The molecule has 0 atom stereocenters. The Hall–Kier alpha value is -0.770. The topological polar surface area (TPSA) is 36.7 Å². The number of thioether (sulfide) groups is 1. The first-order valence-electron chi connectivity index (χ1n) is 3.54. The zero-order valence-electron chi connectivity index (χ0n) is 6.26. The molecule has 0 aliphatic carbocycles. The van der Waals surface area contributed by atoms with Crippen LogP contribution in [-0.4, -0.2) is 10.7 Å². The number of hydrogen-bond donors (Lipinski definition) is 1. The number of nitrogens with one attached hydrogen (secondary N) is 1. The van der Waals surface area contributed by atoms with Gasteiger partial charge in [0.1, 0.15) is 12.2 Å². The van der Waals surface area contributed by atoms with E-state index >= 15 is 0 Å². The number of aromatic nitrogens is 2. The highest BCUT2D eigenvalue weighted by Crippen LogP contribution is 2.14. The fourth-order valence-electron chi connectivity index (χ4n) is 1.26. The molecule has 0 fully saturated rings. The van der Waals surface area contributed by atoms with E-state index in [4.69, 9.17) is 0 Å². The van der Waals surface area contributed by atoms with E-state index in [2.05, 4.69) is 9.55 Å². The summed E-state index contributed by atoms with van der Waals surface area (Å²) in [6.07, 6.45) is 0. The minimum Gasteiger partial charge on any atom is -0.241 e. The van der Waals surface area contributed by atoms with E-state index in [1.165, 1.54) is 0 Å². The van der Waals surface area contributed by atoms with E-state index in [1.54, 1.807) is 17.8 Å². The Kier molecular flexibility index (Phi) is 1.49. The first-order valence-corrected chi connectivity index (χ1v) is 4.52. The molecule has 3 nitrogen and oxygen atoms in total. The highest BCUT2D eigenvalue weighted by atomic mass is 32.2. The summed E-state index contributed by atoms with van der Waals surface area (Å²) in [6, 6.07) is 1.63. The maximum atomic E-state index is 11.0. The minimum absolute atomic E-state index is 0.00292. The number of H-pyrrole nitrogens is 1. The molecule has 1 aromatic heterocycles. The molecule has 0 amide bonds. The van der Waals surface area contributed by atoms with Crippen molar-refractivity contribution in [2.45, 2.75) is 18.6 Å². The smallest absolute Gasteiger partial charge is 0.241 e. The molecule has 0 unspecified atom stereocenters. The van der Waals surface area contributed by atoms with Gasteiger partial charge in [-0.25, -0.2) is 14.3 Å². The summed E-state index contributed by atoms with van der Waals surface area (Å²) in [7, 11) is 0. The zero-order chi connectivity index (χ0) is 7.84. The monoisotopic (exact) mass is 169 g/mol. The molecular formula is C7H9N2OS+. The van der Waals surface area contributed by atoms with Gasteiger partial charge in [0.2, 0.25) is 0 Å². The number of aromatic amines is 1. The van der Waals surface area contributed by atoms with Gasteiger partial charge in [-0.3, -0.25) is 0 Å². The zero-order valence-corrected chi connectivity index (χ0v) is 7.07. The number of hydrogen-bond acceptors (Lipinski definition) is 2. The Balaban J connectivity index is 2.70. The van der Waals surface area contributed by atoms with Gasteiger partial charge in [-0.15, -0.1) is 0 Å². The van der Waals surface area contributed by atoms with Crippen LogP contribution in [0.2, 0.25) is 0 Å². The third-order valence-electron chi connectivity index (χ3n) is 1.79. The van der Waals surface area contributed by atoms with Crippen molar-refractivity contribution >= 4 is 11.8 Å². The molecule has 2 rings (SSSR count). The van der Waals surface area contributed by atoms with Crippen LogP contribution in [0.1, 0.15) is 5.69 Å². The first-order chi connectivity index (χ1) is 5.27. The standard InChI is InChI=1S/C7H8N2OS/c1-5-4-6(10)8-7-9(5)2-3-11-7/h4H,2-3H2,1H3/p+1. The maximum absolute atomic E-state index is 11.0. The van der Waals surface area contributed by atoms with Crippen molar-refractivity contribution in [2.75, 3.05) is 5.75 Å². The summed E-state index contributed by atoms with van der Waals surface area (Å²) >= 11 is 1.70. The van der Waals surface area contributed by atoms with Crippen LogP contribution in [0, 0.1) is 6.92 Å². The molecular weight excluding hydrogens is 160 g/mol. The molecule has 0 radical (unpaired) electrons. The molecule has 0 bridgehead atoms. The van der Waals surface area contributed by atoms with Crippen molar-refractivity contribution in [3.05, 3.63) is 22.1 Å². The van der Waals surface area contributed by atoms with Gasteiger partial charge in [0.05, 0.1) is 6.07 Å². The molecule has 0 saturated heterocycles. The summed E-state index contributed by atoms with van der Waals surface area (Å²) in [5, 5.41) is 0.995. The van der Waals surface area contributed by atoms with Crippen LogP contribution in [0.5, 0.6) is 0 Å². The molecule has 58 valence electrons. The summed E-state index contributed by atoms with van der Waals surface area (Å²) < 4.78 is 2.13. The number of fused-ring (bicyclic) bond motifs is 1. The molecule has 11 heavy (non-hydrogen) atoms. The third kappa shape index (κ3) is 1.07. The van der Waals surface area contributed by atoms with Crippen LogP contribution in [0.3, 0.4) is 0 Å². The normalized spacial score (nSPS) is 15.0. The largest absolute Gasteiger partial charge is 0.336 e. The van der Waals surface area contributed by atoms with E-state index in [0.717, 1.165) is 23.1 Å². The van der Waals surface area contributed by atoms with Gasteiger partial charge in [-0.1, -0.05) is 0 Å². The molecule has 2 heterocycles. The average molecular weight is 169 g/mol. The van der Waals surface area contributed by atoms with Crippen LogP contribution in [0.25, 0.3) is 0 Å². The summed E-state index contributed by atoms with van der Waals surface area (Å²) in [4.78, 5) is 13.8. The molecule has 4 heteroatoms. The molecule has 1 N–H and O–H groups in total. The van der Waals surface area contributed by atoms with E-state index in [9.17, 15) is 4.79 Å². The Morgan fingerprint density at radius 2 is 2.55 bits per heavy atom. The van der Waals surface area contributed by atoms with Gasteiger partial charge in [-0.05, 0) is 18.7 Å². The SMILES string of the molecule is Cc1cc(=O)[nH]c2[n+]1CCS2. The van der Waals surface area contributed by atoms with Crippen LogP contribution in [0.15, 0.2) is 16.0 Å². The Morgan fingerprint density at radius 3 is 3.36 bits per heavy atom. The van der Waals surface area contributed by atoms with Crippen LogP contribution in [0.4, 0.5) is 0 Å². The van der Waals surface area contributed by atoms with Crippen molar-refractivity contribution in [1.82, 2.24) is 4.98 Å². The van der Waals surface area contributed by atoms with E-state index in [1.807, 2.05) is 6.92 Å². The Morgan fingerprint density at radius 1 is 1.73 bits per heavy atom. The van der Waals surface area contributed by atoms with Crippen molar-refractivity contribution < 1.29 is 4.57 Å². The molecule has 1 aromatic rings. The van der Waals surface area contributed by atoms with Gasteiger partial charge >= 0.3 is 10.7 Å². The predicted molar refractivity (Wildman–Crippen MR) is 42.7 cm³/mol. The van der Waals surface area contributed by atoms with Crippen molar-refractivity contribution in [3.63, 3.8) is 0 Å². The quantitative estimate of drug-likeness (QED) is 0.441. The lowest BCUT2D eigenvalue weighted by Gasteiger charge is -1.95. The fraction of sp³-hybridized carbons (Fsp3) is 0.429. The minimum atomic E-state index is 0.00292. The molecule has 1 aliphatic heterocycles. The van der Waals surface area contributed by atoms with Crippen LogP contribution < -0.4 is 10.1 Å². The van der Waals surface area contributed by atoms with Gasteiger partial charge < -0.3 is 0 Å². The first kappa shape index (κ1) is 6.91. The highest BCUT2D eigenvalue weighted by molar-refractivity contribution is 7.99. The van der Waals surface area contributed by atoms with Crippen LogP contribution >= 0.6 is 11.8 Å². The molecule has 0 aromatic carbocycles. The molecule has 1 aliphatic rings. The lowest BCUT2D eigenvalue weighted by molar-refractivity contribution is -0.733. The Labute approximate surface area is 68.5 Å². The maximum Gasteiger partial charge on any atom is 0.336 e. The van der Waals surface area contributed by atoms with Gasteiger partial charge in [0, 0.05) is 5.75 Å². The summed E-state index contributed by atoms with van der Waals surface area (Å²) in [5.74, 6) is 1.07. The predicted octanol–water partition coefficient (Wildman–Crippen LogP) is 0.0765. The molecule has 0 saturated carbocycles. The van der Waals surface area contributed by atoms with Crippen molar-refractivity contribution in [2.24, 2.45) is 0 Å².